The molecule has 2 aromatic carbocycles. The van der Waals surface area contributed by atoms with Crippen molar-refractivity contribution in [2.24, 2.45) is 0 Å². The molecule has 1 unspecified atom stereocenters. The average molecular weight is 536 g/mol. The minimum absolute atomic E-state index is 0.201. The number of carbonyl (C=O) groups excluding carboxylic acids is 1. The van der Waals surface area contributed by atoms with Crippen LogP contribution in [0.4, 0.5) is 23.2 Å². The molecule has 1 atom stereocenters. The molecular formula is C26H25F4N3O3S. The number of benzene rings is 2. The van der Waals surface area contributed by atoms with Gasteiger partial charge in [0.05, 0.1) is 18.0 Å². The zero-order chi connectivity index (χ0) is 27.2. The molecule has 3 rings (SSSR count). The molecule has 0 saturated heterocycles. The number of anilines is 1. The van der Waals surface area contributed by atoms with Crippen LogP contribution >= 0.6 is 0 Å². The summed E-state index contributed by atoms with van der Waals surface area (Å²) in [7, 11) is -3.66. The fourth-order valence-corrected chi connectivity index (χ4v) is 4.09. The van der Waals surface area contributed by atoms with Gasteiger partial charge in [0, 0.05) is 11.8 Å². The highest BCUT2D eigenvalue weighted by Crippen LogP contribution is 2.29. The van der Waals surface area contributed by atoms with Crippen LogP contribution in [-0.4, -0.2) is 25.6 Å². The van der Waals surface area contributed by atoms with Gasteiger partial charge in [-0.2, -0.15) is 13.2 Å². The summed E-state index contributed by atoms with van der Waals surface area (Å²) in [6, 6.07) is 14.6. The Hall–Kier alpha value is -3.73. The maximum absolute atomic E-state index is 14.3. The minimum Gasteiger partial charge on any atom is -0.346 e. The first-order chi connectivity index (χ1) is 17.3. The fraction of sp³-hybridized carbons (Fsp3) is 0.231. The number of alkyl halides is 3. The second-order valence-corrected chi connectivity index (χ2v) is 10.1. The smallest absolute Gasteiger partial charge is 0.346 e. The molecule has 0 aliphatic carbocycles. The molecule has 0 fully saturated rings. The fourth-order valence-electron chi connectivity index (χ4n) is 3.52. The first-order valence-electron chi connectivity index (χ1n) is 11.2. The van der Waals surface area contributed by atoms with E-state index in [9.17, 15) is 30.8 Å². The van der Waals surface area contributed by atoms with Gasteiger partial charge in [0.1, 0.15) is 11.5 Å². The molecule has 0 saturated carbocycles. The molecule has 11 heteroatoms. The van der Waals surface area contributed by atoms with Crippen LogP contribution in [0.3, 0.4) is 0 Å². The second-order valence-electron chi connectivity index (χ2n) is 8.39. The number of carbonyl (C=O) groups is 1. The van der Waals surface area contributed by atoms with Crippen LogP contribution in [-0.2, 0) is 33.8 Å². The highest BCUT2D eigenvalue weighted by atomic mass is 32.2. The lowest BCUT2D eigenvalue weighted by atomic mass is 10.0. The van der Waals surface area contributed by atoms with Crippen LogP contribution in [0.25, 0.3) is 6.08 Å². The standard InChI is InChI=1S/C26H25F4N3O3S/c1-17(20-9-13-23(21(27)16-20)33-37(2,35)36)31-25(34)15-11-19-10-14-24(26(28,29)30)32-22(19)12-8-18-6-4-3-5-7-18/h3-7,9-11,13-17,33H,8,12H2,1-2H3,(H,31,34). The number of hydrogen-bond acceptors (Lipinski definition) is 4. The van der Waals surface area contributed by atoms with Crippen LogP contribution in [0.5, 0.6) is 0 Å². The van der Waals surface area contributed by atoms with Gasteiger partial charge in [0.2, 0.25) is 15.9 Å². The Kier molecular flexibility index (Phi) is 8.69. The summed E-state index contributed by atoms with van der Waals surface area (Å²) >= 11 is 0. The number of nitrogens with zero attached hydrogens (tertiary/aromatic N) is 1. The van der Waals surface area contributed by atoms with Gasteiger partial charge in [0.15, 0.2) is 0 Å². The predicted octanol–water partition coefficient (Wildman–Crippen LogP) is 5.29. The van der Waals surface area contributed by atoms with Crippen molar-refractivity contribution in [2.75, 3.05) is 11.0 Å². The lowest BCUT2D eigenvalue weighted by molar-refractivity contribution is -0.141. The Morgan fingerprint density at radius 1 is 1.05 bits per heavy atom. The van der Waals surface area contributed by atoms with Crippen molar-refractivity contribution in [3.05, 3.63) is 101 Å². The van der Waals surface area contributed by atoms with Crippen molar-refractivity contribution < 1.29 is 30.8 Å². The van der Waals surface area contributed by atoms with E-state index in [1.165, 1.54) is 30.4 Å². The summed E-state index contributed by atoms with van der Waals surface area (Å²) in [5.74, 6) is -1.36. The third-order valence-electron chi connectivity index (χ3n) is 5.35. The number of aryl methyl sites for hydroxylation is 2. The molecule has 2 N–H and O–H groups in total. The first-order valence-corrected chi connectivity index (χ1v) is 13.1. The van der Waals surface area contributed by atoms with E-state index in [-0.39, 0.29) is 17.8 Å². The largest absolute Gasteiger partial charge is 0.433 e. The van der Waals surface area contributed by atoms with Crippen LogP contribution < -0.4 is 10.0 Å². The van der Waals surface area contributed by atoms with Gasteiger partial charge in [-0.3, -0.25) is 9.52 Å². The molecule has 0 spiro atoms. The molecule has 0 aliphatic heterocycles. The number of sulfonamides is 1. The first kappa shape index (κ1) is 27.9. The van der Waals surface area contributed by atoms with Gasteiger partial charge < -0.3 is 5.32 Å². The lowest BCUT2D eigenvalue weighted by Crippen LogP contribution is -2.24. The monoisotopic (exact) mass is 535 g/mol. The van der Waals surface area contributed by atoms with Gasteiger partial charge in [-0.1, -0.05) is 42.5 Å². The van der Waals surface area contributed by atoms with E-state index in [2.05, 4.69) is 15.0 Å². The van der Waals surface area contributed by atoms with Crippen LogP contribution in [0.2, 0.25) is 0 Å². The van der Waals surface area contributed by atoms with Gasteiger partial charge >= 0.3 is 6.18 Å². The molecule has 196 valence electrons. The number of halogens is 4. The average Bonchev–Trinajstić information content (AvgIpc) is 2.82. The van der Waals surface area contributed by atoms with E-state index in [4.69, 9.17) is 0 Å². The summed E-state index contributed by atoms with van der Waals surface area (Å²) in [6.45, 7) is 1.61. The molecule has 1 heterocycles. The van der Waals surface area contributed by atoms with Crippen LogP contribution in [0.1, 0.15) is 41.0 Å². The number of pyridine rings is 1. The SMILES string of the molecule is CC(NC(=O)C=Cc1ccc(C(F)(F)F)nc1CCc1ccccc1)c1ccc(NS(C)(=O)=O)c(F)c1. The Labute approximate surface area is 212 Å². The van der Waals surface area contributed by atoms with Gasteiger partial charge in [-0.05, 0) is 60.7 Å². The van der Waals surface area contributed by atoms with Gasteiger partial charge in [-0.15, -0.1) is 0 Å². The quantitative estimate of drug-likeness (QED) is 0.288. The Balaban J connectivity index is 1.73. The molecule has 1 aromatic heterocycles. The Morgan fingerprint density at radius 3 is 2.38 bits per heavy atom. The second kappa shape index (κ2) is 11.5. The minimum atomic E-state index is -4.60. The van der Waals surface area contributed by atoms with E-state index in [0.29, 0.717) is 17.5 Å². The van der Waals surface area contributed by atoms with Gasteiger partial charge in [0.25, 0.3) is 0 Å². The normalized spacial score (nSPS) is 12.9. The number of aromatic nitrogens is 1. The molecule has 1 amide bonds. The van der Waals surface area contributed by atoms with Crippen molar-refractivity contribution in [1.82, 2.24) is 10.3 Å². The lowest BCUT2D eigenvalue weighted by Gasteiger charge is -2.15. The summed E-state index contributed by atoms with van der Waals surface area (Å²) in [5.41, 5.74) is 0.663. The molecular weight excluding hydrogens is 510 g/mol. The predicted molar refractivity (Wildman–Crippen MR) is 134 cm³/mol. The summed E-state index contributed by atoms with van der Waals surface area (Å²) in [6.07, 6.45) is -0.446. The van der Waals surface area contributed by atoms with E-state index in [0.717, 1.165) is 24.0 Å². The Bertz CT molecular complexity index is 1390. The van der Waals surface area contributed by atoms with Crippen molar-refractivity contribution >= 4 is 27.7 Å². The van der Waals surface area contributed by atoms with Crippen molar-refractivity contribution in [2.45, 2.75) is 32.0 Å². The van der Waals surface area contributed by atoms with E-state index < -0.39 is 39.7 Å². The van der Waals surface area contributed by atoms with E-state index in [1.54, 1.807) is 6.92 Å². The number of amides is 1. The van der Waals surface area contributed by atoms with E-state index >= 15 is 0 Å². The maximum Gasteiger partial charge on any atom is 0.433 e. The topological polar surface area (TPSA) is 88.2 Å². The number of nitrogens with one attached hydrogen (secondary N) is 2. The third-order valence-corrected chi connectivity index (χ3v) is 5.95. The van der Waals surface area contributed by atoms with Gasteiger partial charge in [-0.25, -0.2) is 17.8 Å². The van der Waals surface area contributed by atoms with Crippen LogP contribution in [0.15, 0.2) is 66.7 Å². The zero-order valence-electron chi connectivity index (χ0n) is 20.0. The highest BCUT2D eigenvalue weighted by molar-refractivity contribution is 7.92. The van der Waals surface area contributed by atoms with Crippen LogP contribution in [0, 0.1) is 5.82 Å². The summed E-state index contributed by atoms with van der Waals surface area (Å²) in [5, 5.41) is 2.64. The molecule has 6 nitrogen and oxygen atoms in total. The van der Waals surface area contributed by atoms with Crippen molar-refractivity contribution in [1.29, 1.82) is 0 Å². The number of rotatable bonds is 9. The third kappa shape index (κ3) is 8.42. The zero-order valence-corrected chi connectivity index (χ0v) is 20.8. The molecule has 3 aromatic rings. The van der Waals surface area contributed by atoms with Crippen molar-refractivity contribution in [3.8, 4) is 0 Å². The Morgan fingerprint density at radius 2 is 1.76 bits per heavy atom. The summed E-state index contributed by atoms with van der Waals surface area (Å²) in [4.78, 5) is 16.3. The number of hydrogen-bond donors (Lipinski definition) is 2. The van der Waals surface area contributed by atoms with E-state index in [1.807, 2.05) is 30.3 Å². The summed E-state index contributed by atoms with van der Waals surface area (Å²) < 4.78 is 78.6. The molecule has 0 radical (unpaired) electrons. The molecule has 0 aliphatic rings. The molecule has 37 heavy (non-hydrogen) atoms. The highest BCUT2D eigenvalue weighted by Gasteiger charge is 2.32. The molecule has 0 bridgehead atoms. The maximum atomic E-state index is 14.3. The van der Waals surface area contributed by atoms with Crippen molar-refractivity contribution in [3.63, 3.8) is 0 Å².